The normalized spacial score (nSPS) is 27.1. The molecule has 2 bridgehead atoms. The molecule has 4 saturated heterocycles. The van der Waals surface area contributed by atoms with Crippen LogP contribution in [0.25, 0.3) is 0 Å². The lowest BCUT2D eigenvalue weighted by atomic mass is 9.70. The number of nitrogens with two attached hydrogens (primary N) is 1. The number of H-pyrrole nitrogens is 1. The van der Waals surface area contributed by atoms with Crippen molar-refractivity contribution in [1.82, 2.24) is 25.5 Å². The molecular weight excluding hydrogens is 721 g/mol. The Kier molecular flexibility index (Phi) is 9.60. The SMILES string of the molecule is C[C@@H]1S[C@@H]2[C@H](NC(=O)/C(=N\OC(C)(C)C(=O)O)c3csc(N)n3)C(=O)N2C(C(=O)O)=C1C[N+]12CCC(CNC(=O)c3cc(=O)c(O)c[nH]3)(CC1)CC2. The average Bonchev–Trinajstić information content (AvgIpc) is 3.54. The van der Waals surface area contributed by atoms with Crippen LogP contribution in [0.15, 0.2) is 38.9 Å². The number of carbonyl (C=O) groups is 5. The monoisotopic (exact) mass is 759 g/mol. The van der Waals surface area contributed by atoms with Crippen LogP contribution in [-0.2, 0) is 24.0 Å². The zero-order chi connectivity index (χ0) is 37.7. The molecule has 0 aliphatic carbocycles. The molecule has 3 atom stereocenters. The summed E-state index contributed by atoms with van der Waals surface area (Å²) in [4.78, 5) is 88.9. The van der Waals surface area contributed by atoms with Gasteiger partial charge in [-0.15, -0.1) is 23.1 Å². The first kappa shape index (κ1) is 36.8. The summed E-state index contributed by atoms with van der Waals surface area (Å²) in [5, 5.41) is 39.1. The van der Waals surface area contributed by atoms with Crippen LogP contribution in [0.5, 0.6) is 5.75 Å². The maximum absolute atomic E-state index is 13.6. The first-order chi connectivity index (χ1) is 24.4. The highest BCUT2D eigenvalue weighted by molar-refractivity contribution is 8.00. The summed E-state index contributed by atoms with van der Waals surface area (Å²) in [6.45, 7) is 7.46. The van der Waals surface area contributed by atoms with Crippen LogP contribution in [0, 0.1) is 5.41 Å². The van der Waals surface area contributed by atoms with E-state index >= 15 is 0 Å². The largest absolute Gasteiger partial charge is 0.503 e. The Balaban J connectivity index is 1.14. The number of rotatable bonds is 12. The number of aromatic hydroxyl groups is 1. The van der Waals surface area contributed by atoms with Crippen molar-refractivity contribution in [1.29, 1.82) is 0 Å². The Morgan fingerprint density at radius 2 is 1.87 bits per heavy atom. The van der Waals surface area contributed by atoms with Crippen molar-refractivity contribution < 1.29 is 48.6 Å². The number of amides is 3. The van der Waals surface area contributed by atoms with Gasteiger partial charge in [0, 0.05) is 59.7 Å². The number of hydrogen-bond donors (Lipinski definition) is 7. The molecule has 0 unspecified atom stereocenters. The van der Waals surface area contributed by atoms with E-state index in [1.165, 1.54) is 35.9 Å². The summed E-state index contributed by atoms with van der Waals surface area (Å²) >= 11 is 2.38. The number of pyridine rings is 1. The van der Waals surface area contributed by atoms with Gasteiger partial charge in [-0.05, 0) is 20.8 Å². The number of nitrogens with one attached hydrogen (secondary N) is 3. The van der Waals surface area contributed by atoms with Gasteiger partial charge in [0.05, 0.1) is 19.6 Å². The second-order valence-corrected chi connectivity index (χ2v) is 16.5. The number of thioether (sulfide) groups is 1. The second kappa shape index (κ2) is 13.6. The molecule has 5 aliphatic heterocycles. The van der Waals surface area contributed by atoms with Crippen LogP contribution in [0.1, 0.15) is 56.2 Å². The Bertz CT molecular complexity index is 1950. The fourth-order valence-corrected chi connectivity index (χ4v) is 9.01. The van der Waals surface area contributed by atoms with Gasteiger partial charge in [-0.25, -0.2) is 14.6 Å². The van der Waals surface area contributed by atoms with E-state index in [1.807, 2.05) is 6.92 Å². The van der Waals surface area contributed by atoms with Crippen LogP contribution in [0.3, 0.4) is 0 Å². The molecule has 2 aromatic heterocycles. The van der Waals surface area contributed by atoms with Gasteiger partial charge in [0.15, 0.2) is 16.6 Å². The summed E-state index contributed by atoms with van der Waals surface area (Å²) in [5.41, 5.74) is 3.38. The summed E-state index contributed by atoms with van der Waals surface area (Å²) in [5.74, 6) is -4.97. The average molecular weight is 760 g/mol. The molecule has 3 amide bonds. The fraction of sp³-hybridized carbons (Fsp3) is 0.500. The molecule has 0 saturated carbocycles. The van der Waals surface area contributed by atoms with Gasteiger partial charge in [-0.2, -0.15) is 0 Å². The van der Waals surface area contributed by atoms with Gasteiger partial charge in [-0.1, -0.05) is 5.16 Å². The molecule has 2 aromatic rings. The third-order valence-electron chi connectivity index (χ3n) is 10.4. The number of carbonyl (C=O) groups excluding carboxylic acids is 3. The van der Waals surface area contributed by atoms with E-state index in [9.17, 15) is 44.1 Å². The number of oxime groups is 1. The summed E-state index contributed by atoms with van der Waals surface area (Å²) in [6.07, 6.45) is 3.45. The molecule has 0 radical (unpaired) electrons. The molecular formula is C32H39N8O10S2+. The number of aliphatic carboxylic acids is 2. The molecule has 0 aromatic carbocycles. The Labute approximate surface area is 304 Å². The second-order valence-electron chi connectivity index (χ2n) is 14.1. The number of aromatic amines is 1. The molecule has 0 spiro atoms. The van der Waals surface area contributed by atoms with Crippen LogP contribution in [0.2, 0.25) is 0 Å². The van der Waals surface area contributed by atoms with Crippen molar-refractivity contribution in [3.8, 4) is 5.75 Å². The smallest absolute Gasteiger partial charge is 0.352 e. The van der Waals surface area contributed by atoms with Crippen LogP contribution < -0.4 is 21.8 Å². The molecule has 52 heavy (non-hydrogen) atoms. The first-order valence-corrected chi connectivity index (χ1v) is 18.3. The number of thiazole rings is 1. The number of aromatic nitrogens is 2. The number of quaternary nitrogens is 1. The molecule has 18 nitrogen and oxygen atoms in total. The van der Waals surface area contributed by atoms with E-state index in [0.29, 0.717) is 23.1 Å². The van der Waals surface area contributed by atoms with Crippen LogP contribution in [0.4, 0.5) is 5.13 Å². The number of fused-ring (bicyclic) bond motifs is 4. The quantitative estimate of drug-likeness (QED) is 0.0664. The maximum Gasteiger partial charge on any atom is 0.352 e. The predicted octanol–water partition coefficient (Wildman–Crippen LogP) is 0.261. The maximum atomic E-state index is 13.6. The van der Waals surface area contributed by atoms with E-state index in [4.69, 9.17) is 10.6 Å². The summed E-state index contributed by atoms with van der Waals surface area (Å²) in [6, 6.07) is -0.0466. The van der Waals surface area contributed by atoms with Crippen LogP contribution >= 0.6 is 23.1 Å². The summed E-state index contributed by atoms with van der Waals surface area (Å²) < 4.78 is 0.647. The first-order valence-electron chi connectivity index (χ1n) is 16.5. The number of anilines is 1. The molecule has 7 heterocycles. The number of nitrogen functional groups attached to an aromatic ring is 1. The van der Waals surface area contributed by atoms with E-state index in [1.54, 1.807) is 0 Å². The summed E-state index contributed by atoms with van der Waals surface area (Å²) in [7, 11) is 0. The number of nitrogens with zero attached hydrogens (tertiary/aromatic N) is 4. The van der Waals surface area contributed by atoms with Gasteiger partial charge in [-0.3, -0.25) is 24.1 Å². The number of piperidine rings is 3. The minimum absolute atomic E-state index is 0.0139. The lowest BCUT2D eigenvalue weighted by Crippen LogP contribution is -2.72. The number of carboxylic acids is 2. The Morgan fingerprint density at radius 3 is 2.44 bits per heavy atom. The van der Waals surface area contributed by atoms with Crippen molar-refractivity contribution in [2.45, 2.75) is 62.3 Å². The number of carboxylic acid groups (broad SMARTS) is 2. The fourth-order valence-electron chi connectivity index (χ4n) is 7.02. The van der Waals surface area contributed by atoms with Gasteiger partial charge < -0.3 is 46.0 Å². The van der Waals surface area contributed by atoms with Crippen LogP contribution in [-0.4, -0.2) is 125 Å². The minimum atomic E-state index is -1.79. The Morgan fingerprint density at radius 1 is 1.19 bits per heavy atom. The van der Waals surface area contributed by atoms with Crippen molar-refractivity contribution in [3.63, 3.8) is 0 Å². The lowest BCUT2D eigenvalue weighted by molar-refractivity contribution is -0.941. The van der Waals surface area contributed by atoms with Gasteiger partial charge in [0.25, 0.3) is 17.7 Å². The molecule has 5 aliphatic rings. The zero-order valence-corrected chi connectivity index (χ0v) is 30.1. The molecule has 8 N–H and O–H groups in total. The van der Waals surface area contributed by atoms with E-state index in [-0.39, 0.29) is 32.9 Å². The highest BCUT2D eigenvalue weighted by Crippen LogP contribution is 2.48. The lowest BCUT2D eigenvalue weighted by Gasteiger charge is -2.56. The third-order valence-corrected chi connectivity index (χ3v) is 12.5. The van der Waals surface area contributed by atoms with E-state index in [0.717, 1.165) is 62.5 Å². The highest BCUT2D eigenvalue weighted by Gasteiger charge is 2.58. The van der Waals surface area contributed by atoms with Gasteiger partial charge in [0.1, 0.15) is 35.0 Å². The third kappa shape index (κ3) is 6.84. The minimum Gasteiger partial charge on any atom is -0.503 e. The Hall–Kier alpha value is -4.95. The molecule has 7 rings (SSSR count). The molecule has 20 heteroatoms. The van der Waals surface area contributed by atoms with E-state index < -0.39 is 63.6 Å². The zero-order valence-electron chi connectivity index (χ0n) is 28.5. The van der Waals surface area contributed by atoms with Crippen molar-refractivity contribution in [2.24, 2.45) is 10.6 Å². The molecule has 278 valence electrons. The van der Waals surface area contributed by atoms with Gasteiger partial charge in [0.2, 0.25) is 11.0 Å². The van der Waals surface area contributed by atoms with E-state index in [2.05, 4.69) is 25.8 Å². The standard InChI is InChI=1S/C32H38N8O10S2/c1-15-16(12-40-7-4-32(5-8-40,6-9-40)14-35-24(43)17-10-19(41)20(42)11-34-17)23(28(46)47)39-26(45)22(27(39)52-15)37-25(44)21(18-13-51-30(33)36-18)38-50-31(2,3)29(48)49/h10-11,13,15,22,27H,4-9,12,14H2,1-3H3,(H7-,33,34,35,36,37,38,41,42,43,44,46,47,48,49)/p+1/t15-,22+,27+,32?,40?/m0/s1. The van der Waals surface area contributed by atoms with Gasteiger partial charge >= 0.3 is 11.9 Å². The topological polar surface area (TPSA) is 267 Å². The highest BCUT2D eigenvalue weighted by atomic mass is 32.2. The van der Waals surface area contributed by atoms with Crippen molar-refractivity contribution in [3.05, 3.63) is 50.5 Å². The number of β-lactam (4-membered cyclic amide) rings is 1. The molecule has 4 fully saturated rings. The number of hydrogen-bond acceptors (Lipinski definition) is 13. The predicted molar refractivity (Wildman–Crippen MR) is 187 cm³/mol. The van der Waals surface area contributed by atoms with Crippen molar-refractivity contribution in [2.75, 3.05) is 38.5 Å². The van der Waals surface area contributed by atoms with Crippen molar-refractivity contribution >= 4 is 63.6 Å².